The minimum atomic E-state index is -0.185. The molecule has 21 heavy (non-hydrogen) atoms. The molecular formula is C16H20N4O. The Hall–Kier alpha value is -2.40. The molecule has 1 aromatic carbocycles. The molecule has 2 amide bonds. The predicted molar refractivity (Wildman–Crippen MR) is 85.6 cm³/mol. The van der Waals surface area contributed by atoms with E-state index in [4.69, 9.17) is 0 Å². The summed E-state index contributed by atoms with van der Waals surface area (Å²) in [7, 11) is 3.64. The Morgan fingerprint density at radius 2 is 1.95 bits per heavy atom. The number of pyridine rings is 1. The molecule has 1 aromatic heterocycles. The molecule has 110 valence electrons. The van der Waals surface area contributed by atoms with Gasteiger partial charge in [-0.15, -0.1) is 0 Å². The molecule has 1 atom stereocenters. The van der Waals surface area contributed by atoms with Gasteiger partial charge in [0, 0.05) is 36.9 Å². The molecule has 1 unspecified atom stereocenters. The Kier molecular flexibility index (Phi) is 4.90. The minimum absolute atomic E-state index is 0.185. The summed E-state index contributed by atoms with van der Waals surface area (Å²) in [5.41, 5.74) is 2.70. The molecule has 0 saturated carbocycles. The summed E-state index contributed by atoms with van der Waals surface area (Å²) in [5.74, 6) is 0. The quantitative estimate of drug-likeness (QED) is 0.907. The number of benzene rings is 1. The molecule has 0 saturated heterocycles. The van der Waals surface area contributed by atoms with Crippen LogP contribution in [0.4, 0.5) is 16.2 Å². The van der Waals surface area contributed by atoms with Crippen molar-refractivity contribution >= 4 is 17.4 Å². The van der Waals surface area contributed by atoms with Crippen molar-refractivity contribution in [2.45, 2.75) is 13.0 Å². The number of nitrogens with one attached hydrogen (secondary N) is 2. The predicted octanol–water partition coefficient (Wildman–Crippen LogP) is 3.03. The van der Waals surface area contributed by atoms with Gasteiger partial charge in [0.1, 0.15) is 0 Å². The van der Waals surface area contributed by atoms with Crippen LogP contribution in [0.25, 0.3) is 0 Å². The SMILES string of the molecule is CNC(C)c1cccc(NC(=O)N(C)c2ccncc2)c1. The van der Waals surface area contributed by atoms with Gasteiger partial charge >= 0.3 is 6.03 Å². The monoisotopic (exact) mass is 284 g/mol. The van der Waals surface area contributed by atoms with Gasteiger partial charge < -0.3 is 10.6 Å². The first kappa shape index (κ1) is 15.0. The third-order valence-corrected chi connectivity index (χ3v) is 3.43. The first-order chi connectivity index (χ1) is 10.1. The minimum Gasteiger partial charge on any atom is -0.313 e. The van der Waals surface area contributed by atoms with Crippen molar-refractivity contribution in [2.75, 3.05) is 24.3 Å². The zero-order valence-corrected chi connectivity index (χ0v) is 12.5. The van der Waals surface area contributed by atoms with Crippen LogP contribution in [0.1, 0.15) is 18.5 Å². The molecule has 0 aliphatic carbocycles. The molecular weight excluding hydrogens is 264 g/mol. The average Bonchev–Trinajstić information content (AvgIpc) is 2.54. The number of aromatic nitrogens is 1. The summed E-state index contributed by atoms with van der Waals surface area (Å²) in [5, 5.41) is 6.08. The fraction of sp³-hybridized carbons (Fsp3) is 0.250. The third kappa shape index (κ3) is 3.79. The van der Waals surface area contributed by atoms with E-state index in [0.29, 0.717) is 0 Å². The van der Waals surface area contributed by atoms with Gasteiger partial charge in [-0.1, -0.05) is 12.1 Å². The molecule has 0 aliphatic rings. The Morgan fingerprint density at radius 1 is 1.24 bits per heavy atom. The number of hydrogen-bond donors (Lipinski definition) is 2. The Bertz CT molecular complexity index is 600. The zero-order chi connectivity index (χ0) is 15.2. The van der Waals surface area contributed by atoms with E-state index in [9.17, 15) is 4.79 Å². The third-order valence-electron chi connectivity index (χ3n) is 3.43. The number of carbonyl (C=O) groups excluding carboxylic acids is 1. The maximum atomic E-state index is 12.2. The summed E-state index contributed by atoms with van der Waals surface area (Å²) < 4.78 is 0. The second-order valence-corrected chi connectivity index (χ2v) is 4.83. The van der Waals surface area contributed by atoms with Crippen molar-refractivity contribution in [3.8, 4) is 0 Å². The molecule has 0 bridgehead atoms. The maximum absolute atomic E-state index is 12.2. The number of hydrogen-bond acceptors (Lipinski definition) is 3. The van der Waals surface area contributed by atoms with Gasteiger partial charge in [0.25, 0.3) is 0 Å². The van der Waals surface area contributed by atoms with E-state index in [1.165, 1.54) is 0 Å². The van der Waals surface area contributed by atoms with E-state index in [1.54, 1.807) is 36.5 Å². The van der Waals surface area contributed by atoms with Crippen LogP contribution in [-0.4, -0.2) is 25.1 Å². The average molecular weight is 284 g/mol. The lowest BCUT2D eigenvalue weighted by atomic mass is 10.1. The van der Waals surface area contributed by atoms with Gasteiger partial charge in [-0.2, -0.15) is 0 Å². The van der Waals surface area contributed by atoms with Gasteiger partial charge in [-0.05, 0) is 43.8 Å². The van der Waals surface area contributed by atoms with Crippen molar-refractivity contribution in [1.29, 1.82) is 0 Å². The van der Waals surface area contributed by atoms with E-state index < -0.39 is 0 Å². The summed E-state index contributed by atoms with van der Waals surface area (Å²) in [4.78, 5) is 17.7. The summed E-state index contributed by atoms with van der Waals surface area (Å²) in [6.07, 6.45) is 3.32. The van der Waals surface area contributed by atoms with Crippen LogP contribution in [-0.2, 0) is 0 Å². The molecule has 2 N–H and O–H groups in total. The fourth-order valence-electron chi connectivity index (χ4n) is 1.94. The van der Waals surface area contributed by atoms with Crippen LogP contribution >= 0.6 is 0 Å². The van der Waals surface area contributed by atoms with Crippen molar-refractivity contribution in [3.63, 3.8) is 0 Å². The standard InChI is InChI=1S/C16H20N4O/c1-12(17-2)13-5-4-6-14(11-13)19-16(21)20(3)15-7-9-18-10-8-15/h4-12,17H,1-3H3,(H,19,21). The summed E-state index contributed by atoms with van der Waals surface area (Å²) in [6, 6.07) is 11.5. The first-order valence-corrected chi connectivity index (χ1v) is 6.84. The largest absolute Gasteiger partial charge is 0.326 e. The second-order valence-electron chi connectivity index (χ2n) is 4.83. The summed E-state index contributed by atoms with van der Waals surface area (Å²) in [6.45, 7) is 2.07. The van der Waals surface area contributed by atoms with E-state index in [2.05, 4.69) is 22.5 Å². The topological polar surface area (TPSA) is 57.3 Å². The van der Waals surface area contributed by atoms with E-state index in [-0.39, 0.29) is 12.1 Å². The van der Waals surface area contributed by atoms with Crippen LogP contribution < -0.4 is 15.5 Å². The van der Waals surface area contributed by atoms with Crippen molar-refractivity contribution in [3.05, 3.63) is 54.4 Å². The lowest BCUT2D eigenvalue weighted by molar-refractivity contribution is 0.258. The van der Waals surface area contributed by atoms with E-state index in [0.717, 1.165) is 16.9 Å². The van der Waals surface area contributed by atoms with Crippen LogP contribution in [0, 0.1) is 0 Å². The van der Waals surface area contributed by atoms with Crippen molar-refractivity contribution in [2.24, 2.45) is 0 Å². The number of urea groups is 1. The van der Waals surface area contributed by atoms with Crippen LogP contribution in [0.3, 0.4) is 0 Å². The Labute approximate surface area is 125 Å². The maximum Gasteiger partial charge on any atom is 0.326 e. The van der Waals surface area contributed by atoms with E-state index in [1.807, 2.05) is 31.3 Å². The number of anilines is 2. The number of carbonyl (C=O) groups is 1. The molecule has 0 radical (unpaired) electrons. The zero-order valence-electron chi connectivity index (χ0n) is 12.5. The van der Waals surface area contributed by atoms with Gasteiger partial charge in [0.2, 0.25) is 0 Å². The molecule has 0 aliphatic heterocycles. The Morgan fingerprint density at radius 3 is 2.62 bits per heavy atom. The van der Waals surface area contributed by atoms with Crippen LogP contribution in [0.2, 0.25) is 0 Å². The molecule has 0 spiro atoms. The second kappa shape index (κ2) is 6.85. The molecule has 0 fully saturated rings. The molecule has 5 nitrogen and oxygen atoms in total. The Balaban J connectivity index is 2.09. The van der Waals surface area contributed by atoms with Gasteiger partial charge in [0.05, 0.1) is 0 Å². The first-order valence-electron chi connectivity index (χ1n) is 6.84. The fourth-order valence-corrected chi connectivity index (χ4v) is 1.94. The molecule has 2 rings (SSSR count). The smallest absolute Gasteiger partial charge is 0.313 e. The van der Waals surface area contributed by atoms with Gasteiger partial charge in [-0.25, -0.2) is 4.79 Å². The highest BCUT2D eigenvalue weighted by Gasteiger charge is 2.11. The van der Waals surface area contributed by atoms with Gasteiger partial charge in [-0.3, -0.25) is 9.88 Å². The molecule has 1 heterocycles. The van der Waals surface area contributed by atoms with Crippen molar-refractivity contribution in [1.82, 2.24) is 10.3 Å². The highest BCUT2D eigenvalue weighted by molar-refractivity contribution is 6.01. The number of amides is 2. The van der Waals surface area contributed by atoms with Crippen LogP contribution in [0.15, 0.2) is 48.8 Å². The molecule has 2 aromatic rings. The molecule has 5 heteroatoms. The number of nitrogens with zero attached hydrogens (tertiary/aromatic N) is 2. The summed E-state index contributed by atoms with van der Waals surface area (Å²) >= 11 is 0. The highest BCUT2D eigenvalue weighted by Crippen LogP contribution is 2.18. The van der Waals surface area contributed by atoms with Crippen LogP contribution in [0.5, 0.6) is 0 Å². The van der Waals surface area contributed by atoms with Crippen molar-refractivity contribution < 1.29 is 4.79 Å². The number of rotatable bonds is 4. The van der Waals surface area contributed by atoms with Gasteiger partial charge in [0.15, 0.2) is 0 Å². The lowest BCUT2D eigenvalue weighted by Gasteiger charge is -2.18. The highest BCUT2D eigenvalue weighted by atomic mass is 16.2. The lowest BCUT2D eigenvalue weighted by Crippen LogP contribution is -2.31. The van der Waals surface area contributed by atoms with E-state index >= 15 is 0 Å². The normalized spacial score (nSPS) is 11.8.